The first-order valence-corrected chi connectivity index (χ1v) is 6.84. The molecule has 2 aromatic rings. The number of nitro groups is 1. The lowest BCUT2D eigenvalue weighted by Gasteiger charge is -2.27. The first-order chi connectivity index (χ1) is 9.68. The largest absolute Gasteiger partial charge is 0.387 e. The number of nitrogens with zero attached hydrogens (tertiary/aromatic N) is 1. The number of aromatic amines is 1. The minimum absolute atomic E-state index is 0.0357. The minimum Gasteiger partial charge on any atom is -0.387 e. The molecule has 6 heteroatoms. The van der Waals surface area contributed by atoms with E-state index in [-0.39, 0.29) is 11.7 Å². The first-order valence-electron chi connectivity index (χ1n) is 6.84. The predicted octanol–water partition coefficient (Wildman–Crippen LogP) is 2.25. The molecule has 1 saturated heterocycles. The van der Waals surface area contributed by atoms with Gasteiger partial charge < -0.3 is 15.4 Å². The molecule has 2 unspecified atom stereocenters. The zero-order chi connectivity index (χ0) is 14.1. The van der Waals surface area contributed by atoms with Crippen molar-refractivity contribution < 1.29 is 10.0 Å². The van der Waals surface area contributed by atoms with Crippen LogP contribution < -0.4 is 5.32 Å². The maximum atomic E-state index is 11.2. The highest BCUT2D eigenvalue weighted by molar-refractivity contribution is 5.92. The van der Waals surface area contributed by atoms with Crippen molar-refractivity contribution in [2.24, 2.45) is 0 Å². The molecule has 2 atom stereocenters. The molecule has 6 nitrogen and oxygen atoms in total. The van der Waals surface area contributed by atoms with Gasteiger partial charge in [-0.05, 0) is 25.5 Å². The summed E-state index contributed by atoms with van der Waals surface area (Å²) in [5, 5.41) is 25.5. The van der Waals surface area contributed by atoms with Crippen LogP contribution in [0, 0.1) is 10.1 Å². The summed E-state index contributed by atoms with van der Waals surface area (Å²) < 4.78 is 0. The number of H-pyrrole nitrogens is 1. The third kappa shape index (κ3) is 2.17. The van der Waals surface area contributed by atoms with Crippen LogP contribution in [0.15, 0.2) is 24.4 Å². The quantitative estimate of drug-likeness (QED) is 0.592. The average Bonchev–Trinajstić information content (AvgIpc) is 2.91. The molecule has 1 aromatic carbocycles. The Balaban J connectivity index is 2.04. The van der Waals surface area contributed by atoms with Gasteiger partial charge in [0, 0.05) is 23.9 Å². The number of hydrogen-bond donors (Lipinski definition) is 3. The molecule has 1 aliphatic heterocycles. The summed E-state index contributed by atoms with van der Waals surface area (Å²) in [5.41, 5.74) is 1.32. The van der Waals surface area contributed by atoms with E-state index in [0.717, 1.165) is 25.8 Å². The van der Waals surface area contributed by atoms with E-state index >= 15 is 0 Å². The first kappa shape index (κ1) is 13.1. The normalized spacial score (nSPS) is 20.9. The molecule has 106 valence electrons. The number of fused-ring (bicyclic) bond motifs is 1. The monoisotopic (exact) mass is 275 g/mol. The molecule has 0 saturated carbocycles. The molecule has 1 aromatic heterocycles. The molecular weight excluding hydrogens is 258 g/mol. The number of piperidine rings is 1. The number of aliphatic hydroxyl groups excluding tert-OH is 1. The summed E-state index contributed by atoms with van der Waals surface area (Å²) >= 11 is 0. The Morgan fingerprint density at radius 2 is 2.25 bits per heavy atom. The molecule has 0 aliphatic carbocycles. The van der Waals surface area contributed by atoms with Crippen LogP contribution in [-0.4, -0.2) is 27.6 Å². The van der Waals surface area contributed by atoms with Crippen LogP contribution in [0.1, 0.15) is 30.9 Å². The Morgan fingerprint density at radius 1 is 1.40 bits per heavy atom. The summed E-state index contributed by atoms with van der Waals surface area (Å²) in [7, 11) is 0. The van der Waals surface area contributed by atoms with Gasteiger partial charge in [0.2, 0.25) is 0 Å². The molecule has 0 amide bonds. The highest BCUT2D eigenvalue weighted by Gasteiger charge is 2.27. The lowest BCUT2D eigenvalue weighted by atomic mass is 9.94. The number of benzene rings is 1. The summed E-state index contributed by atoms with van der Waals surface area (Å²) in [5.74, 6) is 0. The smallest absolute Gasteiger partial charge is 0.279 e. The number of hydrogen-bond acceptors (Lipinski definition) is 4. The summed E-state index contributed by atoms with van der Waals surface area (Å²) in [4.78, 5) is 13.8. The van der Waals surface area contributed by atoms with Crippen LogP contribution in [0.25, 0.3) is 10.9 Å². The number of nitro benzene ring substituents is 1. The zero-order valence-corrected chi connectivity index (χ0v) is 11.0. The van der Waals surface area contributed by atoms with Crippen molar-refractivity contribution in [3.63, 3.8) is 0 Å². The maximum Gasteiger partial charge on any atom is 0.279 e. The van der Waals surface area contributed by atoms with Crippen molar-refractivity contribution in [2.45, 2.75) is 31.4 Å². The van der Waals surface area contributed by atoms with Crippen molar-refractivity contribution in [3.8, 4) is 0 Å². The molecule has 1 fully saturated rings. The molecule has 0 bridgehead atoms. The van der Waals surface area contributed by atoms with Crippen LogP contribution in [0.4, 0.5) is 5.69 Å². The SMILES string of the molecule is O=[N+]([O-])c1cccc2[nH]cc(C(O)C3CCCCN3)c12. The van der Waals surface area contributed by atoms with Crippen molar-refractivity contribution in [1.29, 1.82) is 0 Å². The second-order valence-corrected chi connectivity index (χ2v) is 5.20. The summed E-state index contributed by atoms with van der Waals surface area (Å²) in [6, 6.07) is 4.86. The predicted molar refractivity (Wildman–Crippen MR) is 75.6 cm³/mol. The van der Waals surface area contributed by atoms with Crippen LogP contribution in [0.2, 0.25) is 0 Å². The van der Waals surface area contributed by atoms with Crippen molar-refractivity contribution in [2.75, 3.05) is 6.54 Å². The Bertz CT molecular complexity index is 632. The standard InChI is InChI=1S/C14H17N3O3/c18-14(11-4-1-2-7-15-11)9-8-16-10-5-3-6-12(13(9)10)17(19)20/h3,5-6,8,11,14-16,18H,1-2,4,7H2. The van der Waals surface area contributed by atoms with E-state index in [1.54, 1.807) is 18.3 Å². The van der Waals surface area contributed by atoms with E-state index in [2.05, 4.69) is 10.3 Å². The molecule has 20 heavy (non-hydrogen) atoms. The summed E-state index contributed by atoms with van der Waals surface area (Å²) in [6.45, 7) is 0.881. The van der Waals surface area contributed by atoms with Crippen LogP contribution in [0.5, 0.6) is 0 Å². The fraction of sp³-hybridized carbons (Fsp3) is 0.429. The van der Waals surface area contributed by atoms with Gasteiger partial charge in [0.25, 0.3) is 5.69 Å². The van der Waals surface area contributed by atoms with Crippen LogP contribution in [0.3, 0.4) is 0 Å². The lowest BCUT2D eigenvalue weighted by Crippen LogP contribution is -2.38. The van der Waals surface area contributed by atoms with Crippen LogP contribution in [-0.2, 0) is 0 Å². The second kappa shape index (κ2) is 5.22. The average molecular weight is 275 g/mol. The Kier molecular flexibility index (Phi) is 3.42. The zero-order valence-electron chi connectivity index (χ0n) is 11.0. The van der Waals surface area contributed by atoms with Crippen LogP contribution >= 0.6 is 0 Å². The van der Waals surface area contributed by atoms with Gasteiger partial charge in [0.15, 0.2) is 0 Å². The third-order valence-electron chi connectivity index (χ3n) is 3.96. The maximum absolute atomic E-state index is 11.2. The molecule has 0 radical (unpaired) electrons. The van der Waals surface area contributed by atoms with Gasteiger partial charge in [0.05, 0.1) is 21.9 Å². The fourth-order valence-electron chi connectivity index (χ4n) is 2.94. The van der Waals surface area contributed by atoms with Gasteiger partial charge in [0.1, 0.15) is 0 Å². The molecule has 3 N–H and O–H groups in total. The molecule has 3 rings (SSSR count). The van der Waals surface area contributed by atoms with E-state index in [4.69, 9.17) is 0 Å². The third-order valence-corrected chi connectivity index (χ3v) is 3.96. The van der Waals surface area contributed by atoms with E-state index < -0.39 is 11.0 Å². The fourth-order valence-corrected chi connectivity index (χ4v) is 2.94. The van der Waals surface area contributed by atoms with Gasteiger partial charge in [-0.25, -0.2) is 0 Å². The molecule has 0 spiro atoms. The van der Waals surface area contributed by atoms with Gasteiger partial charge >= 0.3 is 0 Å². The Labute approximate surface area is 116 Å². The number of aliphatic hydroxyl groups is 1. The Hall–Kier alpha value is -1.92. The topological polar surface area (TPSA) is 91.2 Å². The number of rotatable bonds is 3. The summed E-state index contributed by atoms with van der Waals surface area (Å²) in [6.07, 6.45) is 4.01. The van der Waals surface area contributed by atoms with E-state index in [9.17, 15) is 15.2 Å². The van der Waals surface area contributed by atoms with E-state index in [1.807, 2.05) is 0 Å². The number of non-ortho nitro benzene ring substituents is 1. The van der Waals surface area contributed by atoms with Gasteiger partial charge in [-0.3, -0.25) is 10.1 Å². The Morgan fingerprint density at radius 3 is 2.95 bits per heavy atom. The number of aromatic nitrogens is 1. The lowest BCUT2D eigenvalue weighted by molar-refractivity contribution is -0.383. The molecule has 2 heterocycles. The van der Waals surface area contributed by atoms with Crippen molar-refractivity contribution in [1.82, 2.24) is 10.3 Å². The highest BCUT2D eigenvalue weighted by Crippen LogP contribution is 2.34. The van der Waals surface area contributed by atoms with Crippen molar-refractivity contribution in [3.05, 3.63) is 40.1 Å². The minimum atomic E-state index is -0.731. The van der Waals surface area contributed by atoms with E-state index in [0.29, 0.717) is 16.5 Å². The second-order valence-electron chi connectivity index (χ2n) is 5.20. The van der Waals surface area contributed by atoms with Gasteiger partial charge in [-0.2, -0.15) is 0 Å². The number of nitrogens with one attached hydrogen (secondary N) is 2. The molecular formula is C14H17N3O3. The van der Waals surface area contributed by atoms with Gasteiger partial charge in [-0.1, -0.05) is 12.5 Å². The van der Waals surface area contributed by atoms with Crippen molar-refractivity contribution >= 4 is 16.6 Å². The van der Waals surface area contributed by atoms with E-state index in [1.165, 1.54) is 6.07 Å². The van der Waals surface area contributed by atoms with Gasteiger partial charge in [-0.15, -0.1) is 0 Å². The highest BCUT2D eigenvalue weighted by atomic mass is 16.6. The molecule has 1 aliphatic rings.